The molecule has 4 aliphatic carbocycles. The van der Waals surface area contributed by atoms with Crippen molar-refractivity contribution in [1.82, 2.24) is 0 Å². The summed E-state index contributed by atoms with van der Waals surface area (Å²) in [4.78, 5) is 25.8. The van der Waals surface area contributed by atoms with Gasteiger partial charge in [0.25, 0.3) is 0 Å². The molecule has 0 radical (unpaired) electrons. The quantitative estimate of drug-likeness (QED) is 0.551. The second-order valence-electron chi connectivity index (χ2n) is 10.6. The van der Waals surface area contributed by atoms with Crippen LogP contribution in [0.3, 0.4) is 0 Å². The van der Waals surface area contributed by atoms with Crippen LogP contribution in [0, 0.1) is 22.7 Å². The van der Waals surface area contributed by atoms with Crippen LogP contribution in [0.4, 0.5) is 0 Å². The summed E-state index contributed by atoms with van der Waals surface area (Å²) in [5.74, 6) is 0.310. The SMILES string of the molecule is CC12CCC(C)(CC1)C1CC(OC(=O)c3ccccc3)C(OC(=O)c3ccccc3)CC12. The summed E-state index contributed by atoms with van der Waals surface area (Å²) in [6.45, 7) is 4.82. The minimum Gasteiger partial charge on any atom is -0.455 e. The van der Waals surface area contributed by atoms with E-state index in [1.54, 1.807) is 24.3 Å². The first-order chi connectivity index (χ1) is 15.4. The Labute approximate surface area is 190 Å². The summed E-state index contributed by atoms with van der Waals surface area (Å²) in [5.41, 5.74) is 1.64. The molecule has 0 heterocycles. The van der Waals surface area contributed by atoms with E-state index in [1.165, 1.54) is 25.7 Å². The highest BCUT2D eigenvalue weighted by Crippen LogP contribution is 2.66. The molecular weight excluding hydrogens is 400 g/mol. The largest absolute Gasteiger partial charge is 0.455 e. The fourth-order valence-electron chi connectivity index (χ4n) is 6.61. The molecule has 4 saturated carbocycles. The van der Waals surface area contributed by atoms with Gasteiger partial charge in [-0.2, -0.15) is 0 Å². The molecule has 4 nitrogen and oxygen atoms in total. The Kier molecular flexibility index (Phi) is 5.35. The van der Waals surface area contributed by atoms with Gasteiger partial charge in [-0.1, -0.05) is 50.2 Å². The van der Waals surface area contributed by atoms with Gasteiger partial charge in [-0.25, -0.2) is 9.59 Å². The summed E-state index contributed by atoms with van der Waals surface area (Å²) in [6, 6.07) is 18.2. The highest BCUT2D eigenvalue weighted by molar-refractivity contribution is 5.90. The van der Waals surface area contributed by atoms with Crippen molar-refractivity contribution in [3.05, 3.63) is 71.8 Å². The predicted molar refractivity (Wildman–Crippen MR) is 122 cm³/mol. The van der Waals surface area contributed by atoms with Crippen LogP contribution in [-0.4, -0.2) is 24.1 Å². The third-order valence-electron chi connectivity index (χ3n) is 8.73. The van der Waals surface area contributed by atoms with Crippen molar-refractivity contribution in [2.75, 3.05) is 0 Å². The topological polar surface area (TPSA) is 52.6 Å². The van der Waals surface area contributed by atoms with Gasteiger partial charge in [-0.3, -0.25) is 0 Å². The van der Waals surface area contributed by atoms with Crippen molar-refractivity contribution in [2.24, 2.45) is 22.7 Å². The van der Waals surface area contributed by atoms with Crippen molar-refractivity contribution < 1.29 is 19.1 Å². The van der Waals surface area contributed by atoms with Gasteiger partial charge < -0.3 is 9.47 Å². The Morgan fingerprint density at radius 2 is 1.00 bits per heavy atom. The third-order valence-corrected chi connectivity index (χ3v) is 8.73. The molecule has 0 aliphatic heterocycles. The first kappa shape index (κ1) is 21.2. The van der Waals surface area contributed by atoms with E-state index in [2.05, 4.69) is 13.8 Å². The molecule has 2 bridgehead atoms. The van der Waals surface area contributed by atoms with Crippen molar-refractivity contribution in [3.8, 4) is 0 Å². The number of esters is 2. The molecule has 168 valence electrons. The molecular formula is C28H32O4. The van der Waals surface area contributed by atoms with E-state index in [1.807, 2.05) is 36.4 Å². The molecule has 4 fully saturated rings. The van der Waals surface area contributed by atoms with E-state index >= 15 is 0 Å². The number of fused-ring (bicyclic) bond motifs is 2. The summed E-state index contributed by atoms with van der Waals surface area (Å²) in [5, 5.41) is 0. The van der Waals surface area contributed by atoms with Crippen LogP contribution in [0.25, 0.3) is 0 Å². The van der Waals surface area contributed by atoms with Crippen molar-refractivity contribution in [2.45, 2.75) is 64.6 Å². The number of rotatable bonds is 4. The fraction of sp³-hybridized carbons (Fsp3) is 0.500. The molecule has 4 atom stereocenters. The van der Waals surface area contributed by atoms with Crippen LogP contribution >= 0.6 is 0 Å². The summed E-state index contributed by atoms with van der Waals surface area (Å²) in [7, 11) is 0. The van der Waals surface area contributed by atoms with Crippen LogP contribution in [0.15, 0.2) is 60.7 Å². The van der Waals surface area contributed by atoms with Crippen molar-refractivity contribution >= 4 is 11.9 Å². The lowest BCUT2D eigenvalue weighted by Gasteiger charge is -2.63. The zero-order valence-electron chi connectivity index (χ0n) is 19.0. The number of carbonyl (C=O) groups is 2. The minimum absolute atomic E-state index is 0.286. The molecule has 4 aliphatic rings. The van der Waals surface area contributed by atoms with E-state index in [0.29, 0.717) is 23.0 Å². The average Bonchev–Trinajstić information content (AvgIpc) is 2.82. The van der Waals surface area contributed by atoms with Gasteiger partial charge in [0.15, 0.2) is 0 Å². The van der Waals surface area contributed by atoms with E-state index in [-0.39, 0.29) is 22.8 Å². The van der Waals surface area contributed by atoms with Gasteiger partial charge in [-0.05, 0) is 85.5 Å². The van der Waals surface area contributed by atoms with Crippen LogP contribution in [-0.2, 0) is 9.47 Å². The maximum absolute atomic E-state index is 12.9. The smallest absolute Gasteiger partial charge is 0.338 e. The second-order valence-corrected chi connectivity index (χ2v) is 10.6. The van der Waals surface area contributed by atoms with Crippen molar-refractivity contribution in [3.63, 3.8) is 0 Å². The van der Waals surface area contributed by atoms with Crippen molar-refractivity contribution in [1.29, 1.82) is 0 Å². The highest BCUT2D eigenvalue weighted by Gasteiger charge is 2.60. The summed E-state index contributed by atoms with van der Waals surface area (Å²) >= 11 is 0. The molecule has 4 unspecified atom stereocenters. The molecule has 0 spiro atoms. The predicted octanol–water partition coefficient (Wildman–Crippen LogP) is 6.06. The number of ether oxygens (including phenoxy) is 2. The summed E-state index contributed by atoms with van der Waals surface area (Å²) < 4.78 is 12.1. The first-order valence-electron chi connectivity index (χ1n) is 11.9. The van der Waals surface area contributed by atoms with Crippen LogP contribution in [0.1, 0.15) is 73.1 Å². The second kappa shape index (κ2) is 8.06. The zero-order chi connectivity index (χ0) is 22.3. The van der Waals surface area contributed by atoms with Gasteiger partial charge >= 0.3 is 11.9 Å². The molecule has 32 heavy (non-hydrogen) atoms. The standard InChI is InChI=1S/C28H32O4/c1-27-13-15-28(2,16-14-27)22-18-24(32-26(30)20-11-7-4-8-12-20)23(17-21(22)27)31-25(29)19-9-5-3-6-10-19/h3-12,21-24H,13-18H2,1-2H3. The molecule has 0 N–H and O–H groups in total. The normalized spacial score (nSPS) is 35.6. The Bertz CT molecular complexity index is 894. The molecule has 0 saturated heterocycles. The van der Waals surface area contributed by atoms with E-state index < -0.39 is 12.2 Å². The maximum Gasteiger partial charge on any atom is 0.338 e. The van der Waals surface area contributed by atoms with E-state index in [9.17, 15) is 9.59 Å². The molecule has 2 aromatic carbocycles. The van der Waals surface area contributed by atoms with Crippen LogP contribution in [0.5, 0.6) is 0 Å². The number of carbonyl (C=O) groups excluding carboxylic acids is 2. The van der Waals surface area contributed by atoms with Gasteiger partial charge in [0.1, 0.15) is 12.2 Å². The highest BCUT2D eigenvalue weighted by atomic mass is 16.6. The van der Waals surface area contributed by atoms with Gasteiger partial charge in [-0.15, -0.1) is 0 Å². The Morgan fingerprint density at radius 3 is 1.34 bits per heavy atom. The monoisotopic (exact) mass is 432 g/mol. The lowest BCUT2D eigenvalue weighted by Crippen LogP contribution is -2.58. The number of hydrogen-bond acceptors (Lipinski definition) is 4. The van der Waals surface area contributed by atoms with E-state index in [0.717, 1.165) is 12.8 Å². The lowest BCUT2D eigenvalue weighted by molar-refractivity contribution is -0.172. The third kappa shape index (κ3) is 3.74. The zero-order valence-corrected chi connectivity index (χ0v) is 19.0. The number of hydrogen-bond donors (Lipinski definition) is 0. The molecule has 0 amide bonds. The van der Waals surface area contributed by atoms with E-state index in [4.69, 9.17) is 9.47 Å². The lowest BCUT2D eigenvalue weighted by atomic mass is 9.42. The first-order valence-corrected chi connectivity index (χ1v) is 11.9. The maximum atomic E-state index is 12.9. The van der Waals surface area contributed by atoms with Gasteiger partial charge in [0.2, 0.25) is 0 Å². The molecule has 0 aromatic heterocycles. The summed E-state index contributed by atoms with van der Waals surface area (Å²) in [6.07, 6.45) is 5.63. The van der Waals surface area contributed by atoms with Crippen LogP contribution in [0.2, 0.25) is 0 Å². The number of benzene rings is 2. The Balaban J connectivity index is 1.41. The van der Waals surface area contributed by atoms with Gasteiger partial charge in [0, 0.05) is 0 Å². The minimum atomic E-state index is -0.420. The average molecular weight is 433 g/mol. The van der Waals surface area contributed by atoms with Gasteiger partial charge in [0.05, 0.1) is 11.1 Å². The fourth-order valence-corrected chi connectivity index (χ4v) is 6.61. The molecule has 4 heteroatoms. The molecule has 6 rings (SSSR count). The van der Waals surface area contributed by atoms with Crippen LogP contribution < -0.4 is 0 Å². The molecule has 2 aromatic rings. The Hall–Kier alpha value is -2.62. The Morgan fingerprint density at radius 1 is 0.656 bits per heavy atom.